The summed E-state index contributed by atoms with van der Waals surface area (Å²) in [6.07, 6.45) is 24.4. The van der Waals surface area contributed by atoms with Crippen LogP contribution in [0.5, 0.6) is 0 Å². The van der Waals surface area contributed by atoms with Gasteiger partial charge in [-0.15, -0.1) is 0 Å². The molecule has 0 radical (unpaired) electrons. The summed E-state index contributed by atoms with van der Waals surface area (Å²) in [6.45, 7) is 0. The lowest BCUT2D eigenvalue weighted by molar-refractivity contribution is 0.0984. The molecule has 3 saturated carbocycles. The lowest BCUT2D eigenvalue weighted by Gasteiger charge is -2.54. The second-order valence-corrected chi connectivity index (χ2v) is 10.7. The zero-order valence-electron chi connectivity index (χ0n) is 13.7. The molecule has 0 nitrogen and oxygen atoms in total. The van der Waals surface area contributed by atoms with Crippen LogP contribution in [0, 0.1) is 17.8 Å². The van der Waals surface area contributed by atoms with Gasteiger partial charge in [0.05, 0.1) is 0 Å². The van der Waals surface area contributed by atoms with Gasteiger partial charge in [0.2, 0.25) is 0 Å². The van der Waals surface area contributed by atoms with Gasteiger partial charge in [-0.2, -0.15) is 0 Å². The van der Waals surface area contributed by atoms with Crippen molar-refractivity contribution in [2.24, 2.45) is 17.8 Å². The molecule has 0 aromatic heterocycles. The summed E-state index contributed by atoms with van der Waals surface area (Å²) in [5, 5.41) is 0.766. The molecule has 3 aliphatic carbocycles. The first kappa shape index (κ1) is 17.0. The number of rotatable bonds is 4. The number of hydrogen-bond acceptors (Lipinski definition) is 0. The maximum Gasteiger partial charge on any atom is 0.00530 e. The van der Waals surface area contributed by atoms with Crippen molar-refractivity contribution in [3.63, 3.8) is 0 Å². The summed E-state index contributed by atoms with van der Waals surface area (Å²) >= 11 is 2.84. The zero-order valence-corrected chi connectivity index (χ0v) is 16.9. The van der Waals surface area contributed by atoms with Crippen molar-refractivity contribution in [1.29, 1.82) is 0 Å². The van der Waals surface area contributed by atoms with E-state index in [4.69, 9.17) is 0 Å². The topological polar surface area (TPSA) is 0 Å². The second-order valence-electron chi connectivity index (χ2n) is 8.03. The molecule has 21 heavy (non-hydrogen) atoms. The second kappa shape index (κ2) is 8.32. The van der Waals surface area contributed by atoms with Gasteiger partial charge in [-0.1, -0.05) is 79.8 Å². The van der Waals surface area contributed by atoms with Gasteiger partial charge in [-0.3, -0.25) is 0 Å². The molecule has 1 atom stereocenters. The molecule has 122 valence electrons. The van der Waals surface area contributed by atoms with Gasteiger partial charge >= 0.3 is 0 Å². The molecule has 0 amide bonds. The minimum Gasteiger partial charge on any atom is -0.0566 e. The van der Waals surface area contributed by atoms with Crippen LogP contribution in [0.4, 0.5) is 0 Å². The van der Waals surface area contributed by atoms with Crippen LogP contribution in [0.3, 0.4) is 0 Å². The molecule has 0 bridgehead atoms. The van der Waals surface area contributed by atoms with Gasteiger partial charge in [-0.25, -0.2) is 0 Å². The fraction of sp³-hybridized carbons (Fsp3) is 1.00. The summed E-state index contributed by atoms with van der Waals surface area (Å²) in [4.78, 5) is 0. The van der Waals surface area contributed by atoms with Gasteiger partial charge in [0.15, 0.2) is 0 Å². The number of halogens is 1. The normalized spacial score (nSPS) is 28.4. The highest BCUT2D eigenvalue weighted by molar-refractivity contribution is 14.2. The van der Waals surface area contributed by atoms with E-state index in [1.807, 2.05) is 0 Å². The average molecular weight is 420 g/mol. The van der Waals surface area contributed by atoms with E-state index in [-0.39, 0.29) is 0 Å². The van der Waals surface area contributed by atoms with Gasteiger partial charge in [-0.05, 0) is 62.5 Å². The van der Waals surface area contributed by atoms with Crippen LogP contribution in [0.1, 0.15) is 96.3 Å². The Morgan fingerprint density at radius 2 is 0.810 bits per heavy atom. The molecule has 0 spiro atoms. The predicted octanol–water partition coefficient (Wildman–Crippen LogP) is 7.49. The summed E-state index contributed by atoms with van der Waals surface area (Å²) in [5.41, 5.74) is 0. The molecule has 0 N–H and O–H groups in total. The highest BCUT2D eigenvalue weighted by atomic mass is 127. The SMILES string of the molecule is IPC(C1CCCCC1)(C1CCCCC1)C1CCCCC1. The van der Waals surface area contributed by atoms with E-state index in [2.05, 4.69) is 22.0 Å². The van der Waals surface area contributed by atoms with E-state index < -0.39 is 0 Å². The van der Waals surface area contributed by atoms with Crippen LogP contribution in [0.25, 0.3) is 0 Å². The molecule has 0 heterocycles. The van der Waals surface area contributed by atoms with Crippen LogP contribution in [0.15, 0.2) is 0 Å². The average Bonchev–Trinajstić information content (AvgIpc) is 2.59. The molecule has 3 fully saturated rings. The Kier molecular flexibility index (Phi) is 6.73. The van der Waals surface area contributed by atoms with Crippen LogP contribution in [-0.4, -0.2) is 5.16 Å². The third-order valence-corrected chi connectivity index (χ3v) is 11.4. The van der Waals surface area contributed by atoms with Crippen LogP contribution in [0.2, 0.25) is 0 Å². The monoisotopic (exact) mass is 420 g/mol. The lowest BCUT2D eigenvalue weighted by atomic mass is 9.61. The van der Waals surface area contributed by atoms with Gasteiger partial charge in [0.25, 0.3) is 0 Å². The fourth-order valence-corrected chi connectivity index (χ4v) is 11.3. The molecule has 2 heteroatoms. The van der Waals surface area contributed by atoms with Crippen molar-refractivity contribution in [3.8, 4) is 0 Å². The quantitative estimate of drug-likeness (QED) is 0.326. The standard InChI is InChI=1S/C19H34IP/c20-21-19(16-10-4-1-5-11-16,17-12-6-2-7-13-17)18-14-8-3-9-15-18/h16-18,21H,1-15H2. The molecule has 0 aliphatic heterocycles. The molecule has 3 rings (SSSR count). The molecule has 0 aromatic rings. The van der Waals surface area contributed by atoms with Crippen LogP contribution < -0.4 is 0 Å². The van der Waals surface area contributed by atoms with Crippen molar-refractivity contribution >= 4 is 28.3 Å². The first-order valence-corrected chi connectivity index (χ1v) is 13.9. The molecular formula is C19H34IP. The molecule has 3 aliphatic rings. The predicted molar refractivity (Wildman–Crippen MR) is 105 cm³/mol. The maximum atomic E-state index is 2.84. The lowest BCUT2D eigenvalue weighted by Crippen LogP contribution is -2.49. The Bertz CT molecular complexity index is 253. The fourth-order valence-electron chi connectivity index (χ4n) is 5.97. The zero-order chi connectivity index (χ0) is 14.5. The summed E-state index contributed by atoms with van der Waals surface area (Å²) in [7, 11) is 0. The highest BCUT2D eigenvalue weighted by Gasteiger charge is 2.49. The smallest absolute Gasteiger partial charge is 0.00530 e. The van der Waals surface area contributed by atoms with Crippen molar-refractivity contribution in [3.05, 3.63) is 0 Å². The van der Waals surface area contributed by atoms with Crippen molar-refractivity contribution in [1.82, 2.24) is 0 Å². The third-order valence-electron chi connectivity index (χ3n) is 7.01. The van der Waals surface area contributed by atoms with Crippen molar-refractivity contribution in [2.45, 2.75) is 101 Å². The van der Waals surface area contributed by atoms with E-state index in [0.29, 0.717) is 0 Å². The summed E-state index contributed by atoms with van der Waals surface area (Å²) in [5.74, 6) is 3.27. The Hall–Kier alpha value is 1.16. The van der Waals surface area contributed by atoms with Crippen molar-refractivity contribution in [2.75, 3.05) is 0 Å². The van der Waals surface area contributed by atoms with E-state index >= 15 is 0 Å². The molecule has 0 saturated heterocycles. The van der Waals surface area contributed by atoms with Crippen LogP contribution >= 0.6 is 28.3 Å². The first-order valence-electron chi connectivity index (χ1n) is 9.75. The van der Waals surface area contributed by atoms with E-state index in [1.165, 1.54) is 64.0 Å². The number of hydrogen-bond donors (Lipinski definition) is 0. The van der Waals surface area contributed by atoms with Gasteiger partial charge in [0.1, 0.15) is 0 Å². The first-order chi connectivity index (χ1) is 10.4. The summed E-state index contributed by atoms with van der Waals surface area (Å²) < 4.78 is 0. The van der Waals surface area contributed by atoms with E-state index in [1.54, 1.807) is 38.5 Å². The third kappa shape index (κ3) is 3.65. The van der Waals surface area contributed by atoms with Gasteiger partial charge < -0.3 is 0 Å². The van der Waals surface area contributed by atoms with Crippen molar-refractivity contribution < 1.29 is 0 Å². The van der Waals surface area contributed by atoms with Gasteiger partial charge in [0, 0.05) is 5.16 Å². The maximum absolute atomic E-state index is 2.84. The Morgan fingerprint density at radius 1 is 0.524 bits per heavy atom. The highest BCUT2D eigenvalue weighted by Crippen LogP contribution is 2.62. The molecule has 0 aromatic carbocycles. The van der Waals surface area contributed by atoms with E-state index in [0.717, 1.165) is 22.9 Å². The largest absolute Gasteiger partial charge is 0.0566 e. The Morgan fingerprint density at radius 3 is 1.05 bits per heavy atom. The molecular weight excluding hydrogens is 386 g/mol. The summed E-state index contributed by atoms with van der Waals surface area (Å²) in [6, 6.07) is 0. The van der Waals surface area contributed by atoms with E-state index in [9.17, 15) is 0 Å². The molecule has 1 unspecified atom stereocenters. The van der Waals surface area contributed by atoms with Crippen LogP contribution in [-0.2, 0) is 0 Å². The minimum atomic E-state index is 0.766. The Labute approximate surface area is 147 Å². The minimum absolute atomic E-state index is 0.766. The Balaban J connectivity index is 1.85.